The number of esters is 1. The summed E-state index contributed by atoms with van der Waals surface area (Å²) in [6.45, 7) is 2.30. The van der Waals surface area contributed by atoms with Crippen LogP contribution in [-0.4, -0.2) is 56.0 Å². The van der Waals surface area contributed by atoms with Gasteiger partial charge in [-0.2, -0.15) is 4.31 Å². The number of hydrogen-bond donors (Lipinski definition) is 1. The lowest BCUT2D eigenvalue weighted by Crippen LogP contribution is -2.27. The number of ether oxygens (including phenoxy) is 2. The molecule has 0 atom stereocenters. The van der Waals surface area contributed by atoms with E-state index in [1.165, 1.54) is 28.2 Å². The summed E-state index contributed by atoms with van der Waals surface area (Å²) in [4.78, 5) is 24.6. The highest BCUT2D eigenvalue weighted by Crippen LogP contribution is 2.25. The molecule has 0 aliphatic carbocycles. The Morgan fingerprint density at radius 3 is 2.53 bits per heavy atom. The number of benzene rings is 1. The van der Waals surface area contributed by atoms with Gasteiger partial charge in [-0.05, 0) is 43.5 Å². The molecule has 1 aliphatic rings. The van der Waals surface area contributed by atoms with Crippen LogP contribution in [0.25, 0.3) is 0 Å². The second kappa shape index (κ2) is 8.88. The maximum atomic E-state index is 12.7. The average molecular weight is 436 g/mol. The summed E-state index contributed by atoms with van der Waals surface area (Å²) in [5.41, 5.74) is 1.45. The van der Waals surface area contributed by atoms with Gasteiger partial charge in [0.25, 0.3) is 5.91 Å². The van der Waals surface area contributed by atoms with E-state index in [1.807, 2.05) is 13.0 Å². The first-order valence-corrected chi connectivity index (χ1v) is 10.9. The van der Waals surface area contributed by atoms with Crippen LogP contribution in [0, 0.1) is 6.92 Å². The molecule has 1 aromatic carbocycles. The maximum Gasteiger partial charge on any atom is 0.355 e. The molecular weight excluding hydrogens is 410 g/mol. The summed E-state index contributed by atoms with van der Waals surface area (Å²) in [6, 6.07) is 6.59. The third-order valence-electron chi connectivity index (χ3n) is 4.86. The highest BCUT2D eigenvalue weighted by molar-refractivity contribution is 7.89. The number of nitrogens with zero attached hydrogens (tertiary/aromatic N) is 2. The van der Waals surface area contributed by atoms with E-state index < -0.39 is 28.5 Å². The Bertz CT molecular complexity index is 1050. The zero-order valence-electron chi connectivity index (χ0n) is 17.2. The number of nitrogens with one attached hydrogen (secondary N) is 1. The van der Waals surface area contributed by atoms with Crippen molar-refractivity contribution in [2.75, 3.05) is 32.1 Å². The van der Waals surface area contributed by atoms with Crippen LogP contribution in [0.2, 0.25) is 0 Å². The number of aryl methyl sites for hydroxylation is 2. The standard InChI is InChI=1S/C20H25N3O6S/c1-14-6-7-18(28-3)16(10-14)21-19(24)13-29-20(25)17-11-15(12-22(17)2)30(26,27)23-8-4-5-9-23/h6-7,10-12H,4-5,8-9,13H2,1-3H3,(H,21,24). The zero-order chi connectivity index (χ0) is 21.9. The van der Waals surface area contributed by atoms with Crippen molar-refractivity contribution in [3.05, 3.63) is 41.7 Å². The van der Waals surface area contributed by atoms with E-state index in [2.05, 4.69) is 5.32 Å². The summed E-state index contributed by atoms with van der Waals surface area (Å²) in [7, 11) is -0.604. The number of rotatable bonds is 7. The van der Waals surface area contributed by atoms with Gasteiger partial charge in [-0.15, -0.1) is 0 Å². The number of carbonyl (C=O) groups is 2. The molecule has 10 heteroatoms. The van der Waals surface area contributed by atoms with E-state index >= 15 is 0 Å². The summed E-state index contributed by atoms with van der Waals surface area (Å²) < 4.78 is 38.4. The van der Waals surface area contributed by atoms with Gasteiger partial charge in [-0.1, -0.05) is 6.07 Å². The molecule has 1 N–H and O–H groups in total. The molecule has 1 aromatic heterocycles. The van der Waals surface area contributed by atoms with Gasteiger partial charge in [0.2, 0.25) is 10.0 Å². The van der Waals surface area contributed by atoms with Crippen LogP contribution >= 0.6 is 0 Å². The molecule has 1 saturated heterocycles. The number of aromatic nitrogens is 1. The van der Waals surface area contributed by atoms with E-state index in [-0.39, 0.29) is 10.6 Å². The fourth-order valence-corrected chi connectivity index (χ4v) is 4.86. The van der Waals surface area contributed by atoms with E-state index in [0.29, 0.717) is 24.5 Å². The summed E-state index contributed by atoms with van der Waals surface area (Å²) >= 11 is 0. The first kappa shape index (κ1) is 21.8. The molecule has 0 saturated carbocycles. The second-order valence-corrected chi connectivity index (χ2v) is 9.05. The van der Waals surface area contributed by atoms with Crippen molar-refractivity contribution >= 4 is 27.6 Å². The van der Waals surface area contributed by atoms with Crippen molar-refractivity contribution in [2.24, 2.45) is 7.05 Å². The van der Waals surface area contributed by atoms with Crippen LogP contribution in [0.5, 0.6) is 5.75 Å². The van der Waals surface area contributed by atoms with Gasteiger partial charge < -0.3 is 19.4 Å². The predicted molar refractivity (Wildman–Crippen MR) is 110 cm³/mol. The van der Waals surface area contributed by atoms with Crippen LogP contribution in [0.4, 0.5) is 5.69 Å². The van der Waals surface area contributed by atoms with Crippen molar-refractivity contribution in [3.63, 3.8) is 0 Å². The van der Waals surface area contributed by atoms with Gasteiger partial charge in [0.05, 0.1) is 12.8 Å². The van der Waals surface area contributed by atoms with Crippen molar-refractivity contribution in [3.8, 4) is 5.75 Å². The second-order valence-electron chi connectivity index (χ2n) is 7.11. The fourth-order valence-electron chi connectivity index (χ4n) is 3.27. The van der Waals surface area contributed by atoms with Crippen molar-refractivity contribution in [2.45, 2.75) is 24.7 Å². The largest absolute Gasteiger partial charge is 0.495 e. The Hall–Kier alpha value is -2.85. The normalized spacial score (nSPS) is 14.5. The third kappa shape index (κ3) is 4.65. The van der Waals surface area contributed by atoms with E-state index in [0.717, 1.165) is 18.4 Å². The van der Waals surface area contributed by atoms with E-state index in [9.17, 15) is 18.0 Å². The first-order chi connectivity index (χ1) is 14.2. The highest BCUT2D eigenvalue weighted by Gasteiger charge is 2.29. The van der Waals surface area contributed by atoms with Gasteiger partial charge in [0.1, 0.15) is 16.3 Å². The van der Waals surface area contributed by atoms with Crippen LogP contribution < -0.4 is 10.1 Å². The Morgan fingerprint density at radius 2 is 1.87 bits per heavy atom. The van der Waals surface area contributed by atoms with Gasteiger partial charge in [0.15, 0.2) is 6.61 Å². The molecule has 2 heterocycles. The molecular formula is C20H25N3O6S. The number of methoxy groups -OCH3 is 1. The Balaban J connectivity index is 1.65. The van der Waals surface area contributed by atoms with Gasteiger partial charge in [0, 0.05) is 26.3 Å². The molecule has 0 unspecified atom stereocenters. The fraction of sp³-hybridized carbons (Fsp3) is 0.400. The molecule has 1 amide bonds. The molecule has 1 aliphatic heterocycles. The van der Waals surface area contributed by atoms with Gasteiger partial charge in [-0.3, -0.25) is 4.79 Å². The summed E-state index contributed by atoms with van der Waals surface area (Å²) in [5, 5.41) is 2.64. The van der Waals surface area contributed by atoms with E-state index in [4.69, 9.17) is 9.47 Å². The number of hydrogen-bond acceptors (Lipinski definition) is 6. The van der Waals surface area contributed by atoms with Gasteiger partial charge in [-0.25, -0.2) is 13.2 Å². The molecule has 0 spiro atoms. The number of amides is 1. The van der Waals surface area contributed by atoms with Crippen molar-refractivity contribution in [1.29, 1.82) is 0 Å². The smallest absolute Gasteiger partial charge is 0.355 e. The molecule has 3 rings (SSSR count). The number of sulfonamides is 1. The minimum atomic E-state index is -3.65. The molecule has 162 valence electrons. The Labute approximate surface area is 175 Å². The minimum Gasteiger partial charge on any atom is -0.495 e. The number of anilines is 1. The molecule has 9 nitrogen and oxygen atoms in total. The van der Waals surface area contributed by atoms with Gasteiger partial charge >= 0.3 is 5.97 Å². The minimum absolute atomic E-state index is 0.0350. The predicted octanol–water partition coefficient (Wildman–Crippen LogP) is 1.92. The average Bonchev–Trinajstić information content (AvgIpc) is 3.37. The van der Waals surface area contributed by atoms with Crippen molar-refractivity contribution < 1.29 is 27.5 Å². The highest BCUT2D eigenvalue weighted by atomic mass is 32.2. The lowest BCUT2D eigenvalue weighted by atomic mass is 10.2. The zero-order valence-corrected chi connectivity index (χ0v) is 18.0. The Morgan fingerprint density at radius 1 is 1.17 bits per heavy atom. The van der Waals surface area contributed by atoms with E-state index in [1.54, 1.807) is 19.2 Å². The number of carbonyl (C=O) groups excluding carboxylic acids is 2. The van der Waals surface area contributed by atoms with Crippen LogP contribution in [-0.2, 0) is 26.6 Å². The Kier molecular flexibility index (Phi) is 6.47. The van der Waals surface area contributed by atoms with Crippen LogP contribution in [0.1, 0.15) is 28.9 Å². The molecule has 2 aromatic rings. The summed E-state index contributed by atoms with van der Waals surface area (Å²) in [5.74, 6) is -0.836. The molecule has 0 bridgehead atoms. The lowest BCUT2D eigenvalue weighted by Gasteiger charge is -2.13. The monoisotopic (exact) mass is 435 g/mol. The van der Waals surface area contributed by atoms with Crippen LogP contribution in [0.3, 0.4) is 0 Å². The van der Waals surface area contributed by atoms with Crippen LogP contribution in [0.15, 0.2) is 35.4 Å². The maximum absolute atomic E-state index is 12.7. The molecule has 0 radical (unpaired) electrons. The van der Waals surface area contributed by atoms with Crippen molar-refractivity contribution in [1.82, 2.24) is 8.87 Å². The molecule has 1 fully saturated rings. The third-order valence-corrected chi connectivity index (χ3v) is 6.72. The SMILES string of the molecule is COc1ccc(C)cc1NC(=O)COC(=O)c1cc(S(=O)(=O)N2CCCC2)cn1C. The molecule has 30 heavy (non-hydrogen) atoms. The first-order valence-electron chi connectivity index (χ1n) is 9.50. The lowest BCUT2D eigenvalue weighted by molar-refractivity contribution is -0.119. The topological polar surface area (TPSA) is 107 Å². The quantitative estimate of drug-likeness (QED) is 0.666. The summed E-state index contributed by atoms with van der Waals surface area (Å²) in [6.07, 6.45) is 3.02.